The summed E-state index contributed by atoms with van der Waals surface area (Å²) in [5.41, 5.74) is 0. The molecule has 0 aliphatic carbocycles. The minimum Gasteiger partial charge on any atom is -1.00 e. The van der Waals surface area contributed by atoms with Crippen molar-refractivity contribution in [1.82, 2.24) is 0 Å². The van der Waals surface area contributed by atoms with Crippen LogP contribution in [0, 0.1) is 0 Å². The quantitative estimate of drug-likeness (QED) is 0.0596. The number of rotatable bonds is 13. The van der Waals surface area contributed by atoms with Crippen LogP contribution in [-0.4, -0.2) is 200 Å². The first kappa shape index (κ1) is 291. The van der Waals surface area contributed by atoms with Crippen LogP contribution < -0.4 is 86.4 Å². The first-order valence-electron chi connectivity index (χ1n) is 15.6. The molecule has 0 heterocycles. The van der Waals surface area contributed by atoms with Gasteiger partial charge in [-0.15, -0.1) is 108 Å². The molecule has 0 atom stereocenters. The summed E-state index contributed by atoms with van der Waals surface area (Å²) in [5.74, 6) is 0.556. The van der Waals surface area contributed by atoms with E-state index in [9.17, 15) is 0 Å². The van der Waals surface area contributed by atoms with Crippen LogP contribution in [0.2, 0.25) is 58.4 Å². The Hall–Kier alpha value is 16.1. The minimum atomic E-state index is -1.70. The third-order valence-electron chi connectivity index (χ3n) is 3.25. The van der Waals surface area contributed by atoms with E-state index in [-0.39, 0.29) is 373 Å². The number of hydrogen-bond acceptors (Lipinski definition) is 7. The van der Waals surface area contributed by atoms with Crippen molar-refractivity contribution in [2.24, 2.45) is 0 Å². The second kappa shape index (κ2) is 282. The zero-order valence-corrected chi connectivity index (χ0v) is 87.2. The van der Waals surface area contributed by atoms with Crippen LogP contribution in [0.1, 0.15) is 195 Å². The van der Waals surface area contributed by atoms with Gasteiger partial charge in [0.05, 0.1) is 0 Å². The summed E-state index contributed by atoms with van der Waals surface area (Å²) in [7, 11) is -4.73. The predicted molar refractivity (Wildman–Crippen MR) is 529 cm³/mol. The van der Waals surface area contributed by atoms with Gasteiger partial charge in [-0.2, -0.15) is 0 Å². The van der Waals surface area contributed by atoms with Crippen molar-refractivity contribution >= 4 is 415 Å². The molecule has 84 heavy (non-hydrogen) atoms. The summed E-state index contributed by atoms with van der Waals surface area (Å²) < 4.78 is 27.1. The Bertz CT molecular complexity index is 620. The Balaban J connectivity index is -0.00000000493. The molecule has 0 bridgehead atoms. The molecule has 0 radical (unpaired) electrons. The first-order chi connectivity index (χ1) is 24.9. The third kappa shape index (κ3) is 547. The maximum Gasteiger partial charge on any atom is 2.00 e. The van der Waals surface area contributed by atoms with Crippen molar-refractivity contribution in [2.75, 3.05) is 52.1 Å². The molecule has 0 amide bonds. The van der Waals surface area contributed by atoms with E-state index in [2.05, 4.69) is 239 Å². The van der Waals surface area contributed by atoms with E-state index in [4.69, 9.17) is 66.1 Å². The molecule has 0 aromatic heterocycles. The molecule has 0 saturated heterocycles. The molecule has 37 heteroatoms. The van der Waals surface area contributed by atoms with Crippen molar-refractivity contribution in [1.29, 1.82) is 0 Å². The molecular formula is C47H151Cl7I14Mg5O7Si4-2. The zero-order chi connectivity index (χ0) is 46.7. The van der Waals surface area contributed by atoms with E-state index in [1.54, 1.807) is 19.9 Å². The molecular weight excluding hydrogens is 2940 g/mol. The monoisotopic (exact) mass is 3080 g/mol. The minimum absolute atomic E-state index is 0. The fourth-order valence-electron chi connectivity index (χ4n) is 2.27. The van der Waals surface area contributed by atoms with Crippen molar-refractivity contribution in [3.05, 3.63) is 25.3 Å². The van der Waals surface area contributed by atoms with Crippen LogP contribution in [-0.2, 0) is 22.1 Å². The SMILES string of the molecule is C.C.C.C.C.C.C.C.C.C.C.C.C.C.C.C.C.C.C.C=CCCl.C=CC[Si](C)(C)OCC.CCO[Si](C)(C)OCC.CCO[Si](C)(C)OCC.CC[O-].CC[O-].C[Si](C)(Cl)Cl.I.I.II.II.II.I[I-]I.I[I-]I.[Cl-].[Cl-].[Cl-].[Cl-].[H-].[H-].[H-].[H-].[Mg+2].[Mg+2].[Mg+2].[Mg+2].[Mg+2]. The Labute approximate surface area is 836 Å². The molecule has 0 unspecified atom stereocenters. The molecule has 0 aliphatic heterocycles. The van der Waals surface area contributed by atoms with Crippen LogP contribution in [0.15, 0.2) is 25.3 Å². The second-order valence-corrected chi connectivity index (χ2v) is 62.3. The van der Waals surface area contributed by atoms with Crippen molar-refractivity contribution in [2.45, 2.75) is 248 Å². The van der Waals surface area contributed by atoms with E-state index in [0.29, 0.717) is 32.4 Å². The van der Waals surface area contributed by atoms with Crippen LogP contribution in [0.5, 0.6) is 0 Å². The maximum absolute atomic E-state index is 8.93. The molecule has 0 N–H and O–H groups in total. The largest absolute Gasteiger partial charge is 2.00 e. The van der Waals surface area contributed by atoms with Crippen molar-refractivity contribution < 1.29 is 114 Å². The van der Waals surface area contributed by atoms with Crippen molar-refractivity contribution in [3.63, 3.8) is 0 Å². The smallest absolute Gasteiger partial charge is 1.00 e. The van der Waals surface area contributed by atoms with E-state index >= 15 is 0 Å². The molecule has 0 rings (SSSR count). The summed E-state index contributed by atoms with van der Waals surface area (Å²) >= 11 is 39.3. The first-order valence-corrected chi connectivity index (χ1v) is 73.9. The van der Waals surface area contributed by atoms with Gasteiger partial charge in [-0.05, 0) is 93.0 Å². The molecule has 0 aromatic carbocycles. The number of allylic oxidation sites excluding steroid dienone is 2. The topological polar surface area (TPSA) is 92.3 Å². The van der Waals surface area contributed by atoms with Gasteiger partial charge in [0.15, 0.2) is 8.32 Å². The Morgan fingerprint density at radius 1 is 0.393 bits per heavy atom. The van der Waals surface area contributed by atoms with Crippen LogP contribution in [0.25, 0.3) is 0 Å². The normalized spacial score (nSPS) is 5.98. The van der Waals surface area contributed by atoms with Crippen LogP contribution in [0.3, 0.4) is 0 Å². The van der Waals surface area contributed by atoms with Gasteiger partial charge in [0.2, 0.25) is 6.69 Å². The van der Waals surface area contributed by atoms with Crippen molar-refractivity contribution in [3.8, 4) is 0 Å². The molecule has 0 saturated carbocycles. The Morgan fingerprint density at radius 2 is 0.488 bits per heavy atom. The third-order valence-corrected chi connectivity index (χ3v) is 9.74. The van der Waals surface area contributed by atoms with Gasteiger partial charge in [0, 0.05) is 151 Å². The fraction of sp³-hybridized carbons (Fsp3) is 0.915. The van der Waals surface area contributed by atoms with Gasteiger partial charge in [-0.3, -0.25) is 0 Å². The number of alkyl halides is 1. The van der Waals surface area contributed by atoms with Gasteiger partial charge in [0.25, 0.3) is 0 Å². The standard InChI is InChI=1S/C7H16OSi.2C6H16O2Si.C3H5Cl.C2H6Cl2Si.2C2H5O.19CH4.4ClH.2I3.3I2.2HI.5Mg.4H/c3*1-5-7-9(3,4)8-6-2;1-2-3-4;1-5(2,3)4;2*1-2-3;;;;;;;;;;;;;;;;;;;;;;;;2*1-3-2;3*1-2;;;;;;;;;;;/h5H,1,6-7H2,2-4H3;2*5-6H2,1-4H3;2H,1,3H2;1-2H3;2*2H2,1H3;19*1H4;4*1H;;;;;;2*1H;;;;;;;;;/q;;;;;2*-1;;;;;;;;;;;;;;;;;;;;;;;;2*-1;;;;;;5*+2;4*-1/p-4. The van der Waals surface area contributed by atoms with Crippen LogP contribution >= 0.6 is 268 Å². The number of halogens is 21. The van der Waals surface area contributed by atoms with E-state index in [0.717, 1.165) is 39.1 Å². The van der Waals surface area contributed by atoms with Gasteiger partial charge in [-0.25, -0.2) is 0 Å². The molecule has 0 aliphatic rings. The maximum atomic E-state index is 8.93. The summed E-state index contributed by atoms with van der Waals surface area (Å²) in [6, 6.07) is 1.06. The summed E-state index contributed by atoms with van der Waals surface area (Å²) in [6.07, 6.45) is 3.59. The van der Waals surface area contributed by atoms with E-state index in [1.165, 1.54) is 0 Å². The molecule has 0 fully saturated rings. The molecule has 0 spiro atoms. The zero-order valence-electron chi connectivity index (χ0n) is 44.3. The molecule has 0 aromatic rings. The summed E-state index contributed by atoms with van der Waals surface area (Å²) in [4.78, 5) is 0. The van der Waals surface area contributed by atoms with Gasteiger partial charge in [0.1, 0.15) is 0 Å². The van der Waals surface area contributed by atoms with E-state index in [1.807, 2.05) is 53.8 Å². The predicted octanol–water partition coefficient (Wildman–Crippen LogP) is 11.0. The van der Waals surface area contributed by atoms with Gasteiger partial charge < -0.3 is 87.7 Å². The van der Waals surface area contributed by atoms with Gasteiger partial charge in [-0.1, -0.05) is 167 Å². The Kier molecular flexibility index (Phi) is 979. The number of hydrogen-bond donors (Lipinski definition) is 0. The molecule has 7 nitrogen and oxygen atoms in total. The summed E-state index contributed by atoms with van der Waals surface area (Å²) in [5, 5.41) is 17.9. The van der Waals surface area contributed by atoms with E-state index < -0.39 is 32.1 Å². The fourth-order valence-corrected chi connectivity index (χ4v) is 6.81. The Morgan fingerprint density at radius 3 is 0.548 bits per heavy atom. The van der Waals surface area contributed by atoms with Gasteiger partial charge >= 0.3 is 233 Å². The van der Waals surface area contributed by atoms with Crippen LogP contribution in [0.4, 0.5) is 0 Å². The molecule has 556 valence electrons. The summed E-state index contributed by atoms with van der Waals surface area (Å²) in [6.45, 7) is 38.8. The average Bonchev–Trinajstić information content (AvgIpc) is 3.05. The second-order valence-electron chi connectivity index (χ2n) is 9.67. The average molecular weight is 3090 g/mol.